The predicted molar refractivity (Wildman–Crippen MR) is 40.1 cm³/mol. The number of halogens is 5. The van der Waals surface area contributed by atoms with Crippen LogP contribution < -0.4 is 0 Å². The van der Waals surface area contributed by atoms with Gasteiger partial charge >= 0.3 is 12.1 Å². The fourth-order valence-corrected chi connectivity index (χ4v) is 1.22. The third kappa shape index (κ3) is 1.97. The first kappa shape index (κ1) is 12.4. The fraction of sp³-hybridized carbons (Fsp3) is 0.429. The van der Waals surface area contributed by atoms with Crippen LogP contribution in [0.4, 0.5) is 22.0 Å². The van der Waals surface area contributed by atoms with E-state index in [9.17, 15) is 26.7 Å². The minimum Gasteiger partial charge on any atom is -0.477 e. The van der Waals surface area contributed by atoms with Gasteiger partial charge in [0.05, 0.1) is 0 Å². The number of hydrogen-bond acceptors (Lipinski definition) is 2. The van der Waals surface area contributed by atoms with Crippen LogP contribution in [-0.4, -0.2) is 20.9 Å². The molecule has 0 aliphatic heterocycles. The van der Waals surface area contributed by atoms with Gasteiger partial charge in [0.2, 0.25) is 0 Å². The van der Waals surface area contributed by atoms with Crippen LogP contribution in [0.5, 0.6) is 0 Å². The summed E-state index contributed by atoms with van der Waals surface area (Å²) < 4.78 is 61.9. The molecule has 0 amide bonds. The summed E-state index contributed by atoms with van der Waals surface area (Å²) in [6.45, 7) is 0. The molecule has 9 heteroatoms. The Labute approximate surface area is 85.3 Å². The van der Waals surface area contributed by atoms with Crippen LogP contribution in [0.1, 0.15) is 28.2 Å². The summed E-state index contributed by atoms with van der Waals surface area (Å²) >= 11 is 0. The van der Waals surface area contributed by atoms with E-state index < -0.39 is 35.5 Å². The second-order valence-electron chi connectivity index (χ2n) is 2.84. The van der Waals surface area contributed by atoms with Crippen molar-refractivity contribution in [2.45, 2.75) is 12.6 Å². The molecule has 16 heavy (non-hydrogen) atoms. The van der Waals surface area contributed by atoms with Crippen molar-refractivity contribution < 1.29 is 31.9 Å². The van der Waals surface area contributed by atoms with Crippen LogP contribution in [0.3, 0.4) is 0 Å². The lowest BCUT2D eigenvalue weighted by Gasteiger charge is -2.07. The quantitative estimate of drug-likeness (QED) is 0.810. The van der Waals surface area contributed by atoms with Crippen molar-refractivity contribution in [3.05, 3.63) is 17.0 Å². The number of hydrogen-bond donors (Lipinski definition) is 1. The minimum absolute atomic E-state index is 0.270. The van der Waals surface area contributed by atoms with Gasteiger partial charge in [-0.3, -0.25) is 4.68 Å². The molecule has 0 unspecified atom stereocenters. The first-order chi connectivity index (χ1) is 7.16. The molecule has 0 aliphatic carbocycles. The molecule has 1 N–H and O–H groups in total. The average molecular weight is 244 g/mol. The zero-order valence-electron chi connectivity index (χ0n) is 7.72. The molecule has 4 nitrogen and oxygen atoms in total. The molecule has 0 aromatic carbocycles. The zero-order chi connectivity index (χ0) is 12.7. The first-order valence-electron chi connectivity index (χ1n) is 3.81. The Hall–Kier alpha value is -1.67. The molecule has 1 aromatic rings. The predicted octanol–water partition coefficient (Wildman–Crippen LogP) is 2.07. The Balaban J connectivity index is 3.56. The highest BCUT2D eigenvalue weighted by Crippen LogP contribution is 2.38. The molecule has 0 atom stereocenters. The Bertz CT molecular complexity index is 423. The summed E-state index contributed by atoms with van der Waals surface area (Å²) in [6.07, 6.45) is -8.68. The van der Waals surface area contributed by atoms with E-state index in [0.717, 1.165) is 7.05 Å². The first-order valence-corrected chi connectivity index (χ1v) is 3.81. The molecule has 0 fully saturated rings. The Morgan fingerprint density at radius 1 is 1.44 bits per heavy atom. The topological polar surface area (TPSA) is 55.1 Å². The zero-order valence-corrected chi connectivity index (χ0v) is 7.72. The molecule has 0 aliphatic rings. The summed E-state index contributed by atoms with van der Waals surface area (Å²) in [7, 11) is 0.852. The van der Waals surface area contributed by atoms with Gasteiger partial charge in [0.25, 0.3) is 6.43 Å². The third-order valence-corrected chi connectivity index (χ3v) is 1.77. The second-order valence-corrected chi connectivity index (χ2v) is 2.84. The highest BCUT2D eigenvalue weighted by atomic mass is 19.4. The largest absolute Gasteiger partial charge is 0.477 e. The van der Waals surface area contributed by atoms with Gasteiger partial charge in [-0.15, -0.1) is 0 Å². The van der Waals surface area contributed by atoms with Gasteiger partial charge < -0.3 is 5.11 Å². The van der Waals surface area contributed by atoms with Crippen molar-refractivity contribution in [1.29, 1.82) is 0 Å². The van der Waals surface area contributed by atoms with Crippen LogP contribution >= 0.6 is 0 Å². The van der Waals surface area contributed by atoms with Crippen molar-refractivity contribution in [3.8, 4) is 0 Å². The van der Waals surface area contributed by atoms with Gasteiger partial charge in [0, 0.05) is 7.05 Å². The van der Waals surface area contributed by atoms with E-state index in [2.05, 4.69) is 5.10 Å². The van der Waals surface area contributed by atoms with Gasteiger partial charge in [0.1, 0.15) is 11.3 Å². The molecular formula is C7H5F5N2O2. The number of rotatable bonds is 2. The molecule has 0 saturated heterocycles. The van der Waals surface area contributed by atoms with Crippen LogP contribution in [0.25, 0.3) is 0 Å². The Morgan fingerprint density at radius 3 is 2.25 bits per heavy atom. The lowest BCUT2D eigenvalue weighted by Crippen LogP contribution is -2.15. The van der Waals surface area contributed by atoms with Crippen molar-refractivity contribution >= 4 is 5.97 Å². The molecule has 0 spiro atoms. The van der Waals surface area contributed by atoms with E-state index in [-0.39, 0.29) is 4.68 Å². The van der Waals surface area contributed by atoms with Crippen molar-refractivity contribution in [3.63, 3.8) is 0 Å². The van der Waals surface area contributed by atoms with E-state index in [4.69, 9.17) is 5.11 Å². The molecule has 0 radical (unpaired) electrons. The molecular weight excluding hydrogens is 239 g/mol. The Kier molecular flexibility index (Phi) is 2.89. The number of aromatic nitrogens is 2. The summed E-state index contributed by atoms with van der Waals surface area (Å²) in [6, 6.07) is 0. The van der Waals surface area contributed by atoms with Crippen LogP contribution in [0.15, 0.2) is 0 Å². The maximum absolute atomic E-state index is 12.4. The molecule has 0 saturated carbocycles. The maximum atomic E-state index is 12.4. The van der Waals surface area contributed by atoms with E-state index in [0.29, 0.717) is 0 Å². The number of carbonyl (C=O) groups is 1. The van der Waals surface area contributed by atoms with Crippen LogP contribution in [0.2, 0.25) is 0 Å². The molecule has 90 valence electrons. The van der Waals surface area contributed by atoms with Gasteiger partial charge in [-0.1, -0.05) is 0 Å². The van der Waals surface area contributed by atoms with Gasteiger partial charge in [-0.2, -0.15) is 18.3 Å². The lowest BCUT2D eigenvalue weighted by molar-refractivity contribution is -0.140. The number of aromatic carboxylic acids is 1. The van der Waals surface area contributed by atoms with Crippen LogP contribution in [0, 0.1) is 0 Å². The van der Waals surface area contributed by atoms with Gasteiger partial charge in [0.15, 0.2) is 5.69 Å². The second kappa shape index (κ2) is 3.72. The lowest BCUT2D eigenvalue weighted by atomic mass is 10.1. The van der Waals surface area contributed by atoms with E-state index >= 15 is 0 Å². The highest BCUT2D eigenvalue weighted by molar-refractivity contribution is 5.88. The number of carboxylic acid groups (broad SMARTS) is 1. The minimum atomic E-state index is -5.19. The monoisotopic (exact) mass is 244 g/mol. The fourth-order valence-electron chi connectivity index (χ4n) is 1.22. The standard InChI is InChI=1S/C7H5F5N2O2/c1-14-4(6(15)16)2(7(10,11)12)3(13-14)5(8)9/h5H,1H3,(H,15,16). The summed E-state index contributed by atoms with van der Waals surface area (Å²) in [5, 5.41) is 11.4. The molecule has 1 aromatic heterocycles. The van der Waals surface area contributed by atoms with Crippen molar-refractivity contribution in [2.75, 3.05) is 0 Å². The molecule has 0 bridgehead atoms. The van der Waals surface area contributed by atoms with E-state index in [1.54, 1.807) is 0 Å². The van der Waals surface area contributed by atoms with Crippen LogP contribution in [-0.2, 0) is 13.2 Å². The molecule has 1 heterocycles. The SMILES string of the molecule is Cn1nc(C(F)F)c(C(F)(F)F)c1C(=O)O. The number of aryl methyl sites for hydroxylation is 1. The number of carboxylic acids is 1. The molecule has 1 rings (SSSR count). The Morgan fingerprint density at radius 2 is 1.94 bits per heavy atom. The van der Waals surface area contributed by atoms with Gasteiger partial charge in [-0.05, 0) is 0 Å². The third-order valence-electron chi connectivity index (χ3n) is 1.77. The van der Waals surface area contributed by atoms with Gasteiger partial charge in [-0.25, -0.2) is 13.6 Å². The number of nitrogens with zero attached hydrogens (tertiary/aromatic N) is 2. The maximum Gasteiger partial charge on any atom is 0.420 e. The van der Waals surface area contributed by atoms with E-state index in [1.807, 2.05) is 0 Å². The smallest absolute Gasteiger partial charge is 0.420 e. The highest BCUT2D eigenvalue weighted by Gasteiger charge is 2.43. The summed E-state index contributed by atoms with van der Waals surface area (Å²) in [5.41, 5.74) is -4.78. The van der Waals surface area contributed by atoms with Crippen molar-refractivity contribution in [1.82, 2.24) is 9.78 Å². The summed E-state index contributed by atoms with van der Waals surface area (Å²) in [4.78, 5) is 10.5. The number of alkyl halides is 5. The van der Waals surface area contributed by atoms with Crippen molar-refractivity contribution in [2.24, 2.45) is 7.05 Å². The normalized spacial score (nSPS) is 12.2. The van der Waals surface area contributed by atoms with E-state index in [1.165, 1.54) is 0 Å². The summed E-state index contributed by atoms with van der Waals surface area (Å²) in [5.74, 6) is -1.96. The average Bonchev–Trinajstić information content (AvgIpc) is 2.41.